The SMILES string of the molecule is C[C@@H]1[C@@H]2CN(S(=O)(=O)c3ccc4c(c3)CCC4)[C@@]1(C(=O)O)C2. The van der Waals surface area contributed by atoms with Crippen molar-refractivity contribution < 1.29 is 18.3 Å². The highest BCUT2D eigenvalue weighted by atomic mass is 32.2. The molecule has 1 aromatic rings. The number of carboxylic acid groups (broad SMARTS) is 1. The zero-order valence-electron chi connectivity index (χ0n) is 12.4. The van der Waals surface area contributed by atoms with E-state index >= 15 is 0 Å². The number of carbonyl (C=O) groups is 1. The summed E-state index contributed by atoms with van der Waals surface area (Å²) >= 11 is 0. The van der Waals surface area contributed by atoms with E-state index in [9.17, 15) is 18.3 Å². The van der Waals surface area contributed by atoms with Crippen molar-refractivity contribution in [3.8, 4) is 0 Å². The lowest BCUT2D eigenvalue weighted by molar-refractivity contribution is -0.154. The molecule has 4 aliphatic rings. The second-order valence-corrected chi connectivity index (χ2v) is 8.66. The molecule has 2 saturated heterocycles. The van der Waals surface area contributed by atoms with Gasteiger partial charge in [-0.25, -0.2) is 8.42 Å². The summed E-state index contributed by atoms with van der Waals surface area (Å²) in [5, 5.41) is 9.61. The van der Waals surface area contributed by atoms with Gasteiger partial charge in [0.05, 0.1) is 4.90 Å². The first kappa shape index (κ1) is 14.2. The maximum Gasteiger partial charge on any atom is 0.325 e. The Balaban J connectivity index is 1.77. The average molecular weight is 321 g/mol. The van der Waals surface area contributed by atoms with Gasteiger partial charge in [-0.2, -0.15) is 4.31 Å². The number of benzene rings is 1. The van der Waals surface area contributed by atoms with Gasteiger partial charge in [0.2, 0.25) is 10.0 Å². The van der Waals surface area contributed by atoms with E-state index < -0.39 is 21.5 Å². The molecule has 5 nitrogen and oxygen atoms in total. The van der Waals surface area contributed by atoms with Crippen molar-refractivity contribution in [1.29, 1.82) is 0 Å². The van der Waals surface area contributed by atoms with Crippen LogP contribution in [0.15, 0.2) is 23.1 Å². The monoisotopic (exact) mass is 321 g/mol. The molecule has 2 bridgehead atoms. The van der Waals surface area contributed by atoms with E-state index in [0.29, 0.717) is 13.0 Å². The van der Waals surface area contributed by atoms with Crippen LogP contribution in [0.25, 0.3) is 0 Å². The molecule has 3 fully saturated rings. The molecule has 5 rings (SSSR count). The molecule has 0 aromatic heterocycles. The first-order valence-corrected chi connectivity index (χ1v) is 9.19. The summed E-state index contributed by atoms with van der Waals surface area (Å²) in [6.45, 7) is 2.17. The summed E-state index contributed by atoms with van der Waals surface area (Å²) in [5.74, 6) is -0.965. The lowest BCUT2D eigenvalue weighted by Gasteiger charge is -2.43. The van der Waals surface area contributed by atoms with Crippen LogP contribution < -0.4 is 0 Å². The van der Waals surface area contributed by atoms with E-state index in [1.807, 2.05) is 13.0 Å². The summed E-state index contributed by atoms with van der Waals surface area (Å²) < 4.78 is 27.2. The van der Waals surface area contributed by atoms with Gasteiger partial charge in [0.1, 0.15) is 5.54 Å². The van der Waals surface area contributed by atoms with Crippen LogP contribution in [0.5, 0.6) is 0 Å². The smallest absolute Gasteiger partial charge is 0.325 e. The number of aliphatic carboxylic acids is 1. The van der Waals surface area contributed by atoms with E-state index in [1.54, 1.807) is 12.1 Å². The summed E-state index contributed by atoms with van der Waals surface area (Å²) in [6, 6.07) is 5.26. The molecular weight excluding hydrogens is 302 g/mol. The summed E-state index contributed by atoms with van der Waals surface area (Å²) in [7, 11) is -3.75. The van der Waals surface area contributed by atoms with Crippen LogP contribution in [0.1, 0.15) is 30.9 Å². The lowest BCUT2D eigenvalue weighted by atomic mass is 9.64. The Morgan fingerprint density at radius 1 is 1.32 bits per heavy atom. The molecule has 118 valence electrons. The van der Waals surface area contributed by atoms with Crippen LogP contribution in [0.4, 0.5) is 0 Å². The van der Waals surface area contributed by atoms with E-state index in [1.165, 1.54) is 9.87 Å². The Labute approximate surface area is 130 Å². The summed E-state index contributed by atoms with van der Waals surface area (Å²) in [5.41, 5.74) is 1.07. The molecule has 0 unspecified atom stereocenters. The highest BCUT2D eigenvalue weighted by Gasteiger charge is 2.69. The van der Waals surface area contributed by atoms with Gasteiger partial charge in [-0.1, -0.05) is 13.0 Å². The van der Waals surface area contributed by atoms with Gasteiger partial charge in [-0.3, -0.25) is 4.79 Å². The topological polar surface area (TPSA) is 74.7 Å². The first-order chi connectivity index (χ1) is 10.4. The number of hydrogen-bond acceptors (Lipinski definition) is 3. The molecule has 3 atom stereocenters. The van der Waals surface area contributed by atoms with Crippen LogP contribution in [0.2, 0.25) is 0 Å². The molecule has 2 aliphatic carbocycles. The number of aryl methyl sites for hydroxylation is 2. The van der Waals surface area contributed by atoms with E-state index in [2.05, 4.69) is 0 Å². The second kappa shape index (κ2) is 4.32. The Morgan fingerprint density at radius 3 is 2.73 bits per heavy atom. The van der Waals surface area contributed by atoms with Gasteiger partial charge in [0, 0.05) is 6.54 Å². The van der Waals surface area contributed by atoms with Crippen molar-refractivity contribution in [2.45, 2.75) is 43.0 Å². The van der Waals surface area contributed by atoms with Crippen LogP contribution >= 0.6 is 0 Å². The molecule has 0 spiro atoms. The molecule has 0 radical (unpaired) electrons. The van der Waals surface area contributed by atoms with Crippen molar-refractivity contribution >= 4 is 16.0 Å². The largest absolute Gasteiger partial charge is 0.480 e. The minimum absolute atomic E-state index is 0.116. The number of rotatable bonds is 3. The molecule has 2 heterocycles. The summed E-state index contributed by atoms with van der Waals surface area (Å²) in [6.07, 6.45) is 3.40. The number of fused-ring (bicyclic) bond motifs is 2. The van der Waals surface area contributed by atoms with E-state index in [4.69, 9.17) is 0 Å². The maximum atomic E-state index is 13.0. The first-order valence-electron chi connectivity index (χ1n) is 7.75. The average Bonchev–Trinajstić information content (AvgIpc) is 3.17. The second-order valence-electron chi connectivity index (χ2n) is 6.80. The van der Waals surface area contributed by atoms with Crippen LogP contribution in [0.3, 0.4) is 0 Å². The van der Waals surface area contributed by atoms with Gasteiger partial charge < -0.3 is 5.11 Å². The van der Waals surface area contributed by atoms with Gasteiger partial charge >= 0.3 is 5.97 Å². The molecule has 1 N–H and O–H groups in total. The molecule has 2 aliphatic heterocycles. The van der Waals surface area contributed by atoms with Gasteiger partial charge in [-0.05, 0) is 60.8 Å². The van der Waals surface area contributed by atoms with Crippen molar-refractivity contribution in [2.24, 2.45) is 11.8 Å². The van der Waals surface area contributed by atoms with E-state index in [-0.39, 0.29) is 16.7 Å². The Kier molecular flexibility index (Phi) is 2.79. The number of sulfonamides is 1. The normalized spacial score (nSPS) is 33.5. The number of nitrogens with zero attached hydrogens (tertiary/aromatic N) is 1. The predicted molar refractivity (Wildman–Crippen MR) is 80.0 cm³/mol. The predicted octanol–water partition coefficient (Wildman–Crippen LogP) is 1.66. The van der Waals surface area contributed by atoms with Crippen molar-refractivity contribution in [1.82, 2.24) is 4.31 Å². The Hall–Kier alpha value is -1.40. The highest BCUT2D eigenvalue weighted by Crippen LogP contribution is 2.57. The third kappa shape index (κ3) is 1.57. The highest BCUT2D eigenvalue weighted by molar-refractivity contribution is 7.89. The van der Waals surface area contributed by atoms with E-state index in [0.717, 1.165) is 24.8 Å². The van der Waals surface area contributed by atoms with Gasteiger partial charge in [0.15, 0.2) is 0 Å². The van der Waals surface area contributed by atoms with Crippen molar-refractivity contribution in [3.63, 3.8) is 0 Å². The molecular formula is C16H19NO4S. The fourth-order valence-electron chi connectivity index (χ4n) is 4.46. The van der Waals surface area contributed by atoms with Gasteiger partial charge in [-0.15, -0.1) is 0 Å². The number of hydrogen-bond donors (Lipinski definition) is 1. The van der Waals surface area contributed by atoms with Crippen molar-refractivity contribution in [3.05, 3.63) is 29.3 Å². The zero-order valence-corrected chi connectivity index (χ0v) is 13.3. The third-order valence-electron chi connectivity index (χ3n) is 5.91. The third-order valence-corrected chi connectivity index (χ3v) is 7.81. The molecule has 22 heavy (non-hydrogen) atoms. The van der Waals surface area contributed by atoms with Gasteiger partial charge in [0.25, 0.3) is 0 Å². The lowest BCUT2D eigenvalue weighted by Crippen LogP contribution is -2.59. The fourth-order valence-corrected chi connectivity index (χ4v) is 6.38. The molecule has 1 saturated carbocycles. The molecule has 0 amide bonds. The number of carboxylic acids is 1. The summed E-state index contributed by atoms with van der Waals surface area (Å²) in [4.78, 5) is 12.0. The standard InChI is InChI=1S/C16H19NO4S/c1-10-13-8-16(10,15(18)19)17(9-13)22(20,21)14-6-5-11-3-2-4-12(11)7-14/h5-7,10,13H,2-4,8-9H2,1H3,(H,18,19)/t10-,13+,16+/m1/s1. The Morgan fingerprint density at radius 2 is 2.05 bits per heavy atom. The molecule has 6 heteroatoms. The van der Waals surface area contributed by atoms with Crippen LogP contribution in [-0.2, 0) is 27.7 Å². The van der Waals surface area contributed by atoms with Crippen LogP contribution in [0, 0.1) is 11.8 Å². The maximum absolute atomic E-state index is 13.0. The molecule has 1 aromatic carbocycles. The quantitative estimate of drug-likeness (QED) is 0.919. The minimum atomic E-state index is -3.75. The Bertz CT molecular complexity index is 772. The minimum Gasteiger partial charge on any atom is -0.480 e. The zero-order chi connectivity index (χ0) is 15.7. The fraction of sp³-hybridized carbons (Fsp3) is 0.562. The van der Waals surface area contributed by atoms with Crippen molar-refractivity contribution in [2.75, 3.05) is 6.54 Å². The van der Waals surface area contributed by atoms with Crippen LogP contribution in [-0.4, -0.2) is 35.9 Å².